The SMILES string of the molecule is CC1CC(NC(=O)N[C@@H]2C=C[C@H](CO)C2)CC(C)O1. The Hall–Kier alpha value is -1.07. The van der Waals surface area contributed by atoms with Crippen molar-refractivity contribution in [2.75, 3.05) is 6.61 Å². The maximum absolute atomic E-state index is 11.9. The summed E-state index contributed by atoms with van der Waals surface area (Å²) >= 11 is 0. The molecule has 2 aliphatic rings. The van der Waals surface area contributed by atoms with Gasteiger partial charge in [0.05, 0.1) is 12.2 Å². The molecule has 0 saturated carbocycles. The third kappa shape index (κ3) is 4.21. The van der Waals surface area contributed by atoms with Crippen LogP contribution < -0.4 is 10.6 Å². The number of carbonyl (C=O) groups is 1. The second kappa shape index (κ2) is 6.39. The van der Waals surface area contributed by atoms with Gasteiger partial charge in [-0.15, -0.1) is 0 Å². The van der Waals surface area contributed by atoms with Gasteiger partial charge in [0.15, 0.2) is 0 Å². The molecule has 19 heavy (non-hydrogen) atoms. The number of ether oxygens (including phenoxy) is 1. The molecule has 1 aliphatic carbocycles. The number of amides is 2. The molecule has 2 unspecified atom stereocenters. The lowest BCUT2D eigenvalue weighted by Crippen LogP contribution is -2.49. The number of hydrogen-bond acceptors (Lipinski definition) is 3. The van der Waals surface area contributed by atoms with Crippen LogP contribution in [0.15, 0.2) is 12.2 Å². The van der Waals surface area contributed by atoms with E-state index in [4.69, 9.17) is 9.84 Å². The van der Waals surface area contributed by atoms with E-state index in [0.29, 0.717) is 0 Å². The van der Waals surface area contributed by atoms with Gasteiger partial charge in [0.2, 0.25) is 0 Å². The molecular weight excluding hydrogens is 244 g/mol. The van der Waals surface area contributed by atoms with Crippen LogP contribution >= 0.6 is 0 Å². The Kier molecular flexibility index (Phi) is 4.82. The van der Waals surface area contributed by atoms with Crippen LogP contribution in [0.25, 0.3) is 0 Å². The van der Waals surface area contributed by atoms with Crippen LogP contribution in [0.1, 0.15) is 33.1 Å². The van der Waals surface area contributed by atoms with Crippen molar-refractivity contribution in [2.45, 2.75) is 57.4 Å². The molecule has 2 amide bonds. The molecule has 1 aliphatic heterocycles. The first-order valence-electron chi connectivity index (χ1n) is 7.08. The molecule has 1 heterocycles. The topological polar surface area (TPSA) is 70.6 Å². The lowest BCUT2D eigenvalue weighted by Gasteiger charge is -2.32. The highest BCUT2D eigenvalue weighted by atomic mass is 16.5. The predicted molar refractivity (Wildman–Crippen MR) is 72.8 cm³/mol. The Labute approximate surface area is 114 Å². The molecule has 4 atom stereocenters. The summed E-state index contributed by atoms with van der Waals surface area (Å²) in [6.45, 7) is 4.22. The minimum atomic E-state index is -0.125. The van der Waals surface area contributed by atoms with Gasteiger partial charge < -0.3 is 20.5 Å². The third-order valence-corrected chi connectivity index (χ3v) is 3.76. The maximum Gasteiger partial charge on any atom is 0.315 e. The highest BCUT2D eigenvalue weighted by molar-refractivity contribution is 5.74. The van der Waals surface area contributed by atoms with Gasteiger partial charge >= 0.3 is 6.03 Å². The highest BCUT2D eigenvalue weighted by Gasteiger charge is 2.26. The van der Waals surface area contributed by atoms with Gasteiger partial charge in [0.25, 0.3) is 0 Å². The fourth-order valence-electron chi connectivity index (χ4n) is 2.94. The van der Waals surface area contributed by atoms with Gasteiger partial charge in [-0.25, -0.2) is 4.79 Å². The van der Waals surface area contributed by atoms with E-state index in [0.717, 1.165) is 19.3 Å². The molecule has 3 N–H and O–H groups in total. The second-order valence-corrected chi connectivity index (χ2v) is 5.71. The highest BCUT2D eigenvalue weighted by Crippen LogP contribution is 2.19. The number of rotatable bonds is 3. The molecule has 0 aromatic carbocycles. The van der Waals surface area contributed by atoms with E-state index in [9.17, 15) is 4.79 Å². The largest absolute Gasteiger partial charge is 0.396 e. The maximum atomic E-state index is 11.9. The number of urea groups is 1. The smallest absolute Gasteiger partial charge is 0.315 e. The number of nitrogens with one attached hydrogen (secondary N) is 2. The molecular formula is C14H24N2O3. The summed E-state index contributed by atoms with van der Waals surface area (Å²) in [6.07, 6.45) is 6.80. The van der Waals surface area contributed by atoms with Crippen LogP contribution in [0.2, 0.25) is 0 Å². The van der Waals surface area contributed by atoms with Crippen molar-refractivity contribution in [3.63, 3.8) is 0 Å². The van der Waals surface area contributed by atoms with Gasteiger partial charge in [-0.1, -0.05) is 12.2 Å². The number of carbonyl (C=O) groups excluding carboxylic acids is 1. The van der Waals surface area contributed by atoms with E-state index < -0.39 is 0 Å². The van der Waals surface area contributed by atoms with E-state index in [1.165, 1.54) is 0 Å². The van der Waals surface area contributed by atoms with Crippen molar-refractivity contribution in [3.05, 3.63) is 12.2 Å². The zero-order valence-corrected chi connectivity index (χ0v) is 11.6. The average Bonchev–Trinajstić information content (AvgIpc) is 2.74. The first-order chi connectivity index (χ1) is 9.06. The van der Waals surface area contributed by atoms with E-state index in [1.807, 2.05) is 26.0 Å². The monoisotopic (exact) mass is 268 g/mol. The van der Waals surface area contributed by atoms with Crippen molar-refractivity contribution in [2.24, 2.45) is 5.92 Å². The molecule has 108 valence electrons. The lowest BCUT2D eigenvalue weighted by molar-refractivity contribution is -0.0402. The van der Waals surface area contributed by atoms with Crippen molar-refractivity contribution in [1.82, 2.24) is 10.6 Å². The van der Waals surface area contributed by atoms with Crippen LogP contribution in [-0.2, 0) is 4.74 Å². The average molecular weight is 268 g/mol. The number of hydrogen-bond donors (Lipinski definition) is 3. The Balaban J connectivity index is 1.74. The van der Waals surface area contributed by atoms with Gasteiger partial charge in [-0.3, -0.25) is 0 Å². The van der Waals surface area contributed by atoms with E-state index in [1.54, 1.807) is 0 Å². The summed E-state index contributed by atoms with van der Waals surface area (Å²) < 4.78 is 5.65. The summed E-state index contributed by atoms with van der Waals surface area (Å²) in [7, 11) is 0. The standard InChI is InChI=1S/C14H24N2O3/c1-9-5-13(6-10(2)19-9)16-14(18)15-12-4-3-11(7-12)8-17/h3-4,9-13,17H,5-8H2,1-2H3,(H2,15,16,18)/t9?,10?,11-,12+,13?/m0/s1. The van der Waals surface area contributed by atoms with Crippen molar-refractivity contribution < 1.29 is 14.6 Å². The zero-order valence-electron chi connectivity index (χ0n) is 11.6. The zero-order chi connectivity index (χ0) is 13.8. The number of aliphatic hydroxyl groups excluding tert-OH is 1. The van der Waals surface area contributed by atoms with Crippen LogP contribution in [0.5, 0.6) is 0 Å². The first-order valence-corrected chi connectivity index (χ1v) is 7.08. The Morgan fingerprint density at radius 3 is 2.47 bits per heavy atom. The van der Waals surface area contributed by atoms with E-state index in [-0.39, 0.29) is 42.8 Å². The fourth-order valence-corrected chi connectivity index (χ4v) is 2.94. The Morgan fingerprint density at radius 2 is 1.89 bits per heavy atom. The van der Waals surface area contributed by atoms with Gasteiger partial charge in [0, 0.05) is 24.6 Å². The molecule has 2 rings (SSSR count). The molecule has 1 saturated heterocycles. The van der Waals surface area contributed by atoms with Crippen LogP contribution in [-0.4, -0.2) is 42.0 Å². The summed E-state index contributed by atoms with van der Waals surface area (Å²) in [5, 5.41) is 15.0. The summed E-state index contributed by atoms with van der Waals surface area (Å²) in [6, 6.07) is 0.0872. The van der Waals surface area contributed by atoms with E-state index in [2.05, 4.69) is 10.6 Å². The lowest BCUT2D eigenvalue weighted by atomic mass is 10.00. The molecule has 0 aromatic rings. The normalized spacial score (nSPS) is 38.2. The molecule has 0 radical (unpaired) electrons. The second-order valence-electron chi connectivity index (χ2n) is 5.71. The van der Waals surface area contributed by atoms with Crippen molar-refractivity contribution >= 4 is 6.03 Å². The minimum Gasteiger partial charge on any atom is -0.396 e. The van der Waals surface area contributed by atoms with E-state index >= 15 is 0 Å². The predicted octanol–water partition coefficient (Wildman–Crippen LogP) is 1.18. The van der Waals surface area contributed by atoms with Crippen LogP contribution in [0.4, 0.5) is 4.79 Å². The molecule has 5 nitrogen and oxygen atoms in total. The third-order valence-electron chi connectivity index (χ3n) is 3.76. The quantitative estimate of drug-likeness (QED) is 0.673. The van der Waals surface area contributed by atoms with Crippen LogP contribution in [0, 0.1) is 5.92 Å². The first kappa shape index (κ1) is 14.3. The Morgan fingerprint density at radius 1 is 1.21 bits per heavy atom. The molecule has 0 bridgehead atoms. The van der Waals surface area contributed by atoms with Gasteiger partial charge in [0.1, 0.15) is 0 Å². The van der Waals surface area contributed by atoms with Gasteiger partial charge in [-0.05, 0) is 33.1 Å². The summed E-state index contributed by atoms with van der Waals surface area (Å²) in [4.78, 5) is 11.9. The van der Waals surface area contributed by atoms with Gasteiger partial charge in [-0.2, -0.15) is 0 Å². The summed E-state index contributed by atoms with van der Waals surface area (Å²) in [5.41, 5.74) is 0. The molecule has 0 aromatic heterocycles. The van der Waals surface area contributed by atoms with Crippen molar-refractivity contribution in [1.29, 1.82) is 0 Å². The minimum absolute atomic E-state index is 0.0341. The fraction of sp³-hybridized carbons (Fsp3) is 0.786. The Bertz CT molecular complexity index is 336. The molecule has 1 fully saturated rings. The molecule has 5 heteroatoms. The summed E-state index contributed by atoms with van der Waals surface area (Å²) in [5.74, 6) is 0.174. The number of aliphatic hydroxyl groups is 1. The van der Waals surface area contributed by atoms with Crippen LogP contribution in [0.3, 0.4) is 0 Å². The molecule has 0 spiro atoms. The van der Waals surface area contributed by atoms with Crippen molar-refractivity contribution in [3.8, 4) is 0 Å².